The molecule has 0 unspecified atom stereocenters. The maximum absolute atomic E-state index is 12.1. The lowest BCUT2D eigenvalue weighted by Gasteiger charge is -2.06. The molecule has 0 spiro atoms. The highest BCUT2D eigenvalue weighted by atomic mass is 16.2. The van der Waals surface area contributed by atoms with Crippen molar-refractivity contribution >= 4 is 5.91 Å². The van der Waals surface area contributed by atoms with E-state index in [1.165, 1.54) is 10.1 Å². The number of amides is 1. The van der Waals surface area contributed by atoms with Crippen molar-refractivity contribution in [2.75, 3.05) is 6.54 Å². The van der Waals surface area contributed by atoms with Crippen molar-refractivity contribution < 1.29 is 4.79 Å². The molecule has 1 aliphatic carbocycles. The molecule has 1 heterocycles. The number of nitrogens with one attached hydrogen (secondary N) is 1. The third-order valence-corrected chi connectivity index (χ3v) is 4.04. The van der Waals surface area contributed by atoms with Crippen LogP contribution in [0, 0.1) is 5.92 Å². The Morgan fingerprint density at radius 1 is 1.24 bits per heavy atom. The van der Waals surface area contributed by atoms with Gasteiger partial charge in [0.1, 0.15) is 5.56 Å². The number of hydrogen-bond donors (Lipinski definition) is 1. The Hall–Kier alpha value is -2.36. The fraction of sp³-hybridized carbons (Fsp3) is 0.294. The van der Waals surface area contributed by atoms with Crippen molar-refractivity contribution in [1.29, 1.82) is 0 Å². The Labute approximate surface area is 123 Å². The van der Waals surface area contributed by atoms with Crippen molar-refractivity contribution in [2.45, 2.75) is 12.3 Å². The number of carbonyl (C=O) groups is 1. The molecule has 0 radical (unpaired) electrons. The van der Waals surface area contributed by atoms with E-state index in [0.717, 1.165) is 6.42 Å². The first kappa shape index (κ1) is 13.6. The Kier molecular flexibility index (Phi) is 3.60. The van der Waals surface area contributed by atoms with E-state index in [9.17, 15) is 9.59 Å². The van der Waals surface area contributed by atoms with Gasteiger partial charge in [0.25, 0.3) is 11.5 Å². The van der Waals surface area contributed by atoms with Crippen LogP contribution >= 0.6 is 0 Å². The largest absolute Gasteiger partial charge is 0.352 e. The molecule has 1 N–H and O–H groups in total. The molecule has 0 saturated heterocycles. The molecule has 1 saturated carbocycles. The lowest BCUT2D eigenvalue weighted by atomic mass is 10.1. The van der Waals surface area contributed by atoms with E-state index < -0.39 is 0 Å². The van der Waals surface area contributed by atoms with Gasteiger partial charge in [0.15, 0.2) is 0 Å². The van der Waals surface area contributed by atoms with E-state index in [-0.39, 0.29) is 17.0 Å². The zero-order chi connectivity index (χ0) is 14.8. The van der Waals surface area contributed by atoms with Gasteiger partial charge in [-0.15, -0.1) is 0 Å². The minimum Gasteiger partial charge on any atom is -0.352 e. The molecule has 2 aromatic rings. The summed E-state index contributed by atoms with van der Waals surface area (Å²) in [5.41, 5.74) is 1.27. The Morgan fingerprint density at radius 2 is 2.00 bits per heavy atom. The maximum Gasteiger partial charge on any atom is 0.263 e. The third-order valence-electron chi connectivity index (χ3n) is 4.04. The highest BCUT2D eigenvalue weighted by Gasteiger charge is 2.38. The maximum atomic E-state index is 12.1. The number of aromatic nitrogens is 1. The number of pyridine rings is 1. The highest BCUT2D eigenvalue weighted by Crippen LogP contribution is 2.46. The number of hydrogen-bond acceptors (Lipinski definition) is 2. The molecule has 1 amide bonds. The van der Waals surface area contributed by atoms with Crippen LogP contribution in [0.2, 0.25) is 0 Å². The minimum absolute atomic E-state index is 0.205. The summed E-state index contributed by atoms with van der Waals surface area (Å²) in [5, 5.41) is 2.88. The minimum atomic E-state index is -0.282. The zero-order valence-electron chi connectivity index (χ0n) is 12.0. The molecule has 108 valence electrons. The van der Waals surface area contributed by atoms with Crippen LogP contribution in [0.25, 0.3) is 0 Å². The van der Waals surface area contributed by atoms with Gasteiger partial charge in [-0.2, -0.15) is 0 Å². The van der Waals surface area contributed by atoms with Crippen LogP contribution in [0.3, 0.4) is 0 Å². The van der Waals surface area contributed by atoms with Crippen LogP contribution < -0.4 is 10.9 Å². The van der Waals surface area contributed by atoms with Gasteiger partial charge in [0, 0.05) is 19.8 Å². The number of aryl methyl sites for hydroxylation is 1. The lowest BCUT2D eigenvalue weighted by Crippen LogP contribution is -2.33. The molecule has 4 nitrogen and oxygen atoms in total. The molecule has 0 aliphatic heterocycles. The van der Waals surface area contributed by atoms with Gasteiger partial charge in [0.2, 0.25) is 0 Å². The van der Waals surface area contributed by atoms with Crippen molar-refractivity contribution in [3.63, 3.8) is 0 Å². The SMILES string of the molecule is Cn1cccc(C(=O)NC[C@H]2C[C@@H]2c2ccccc2)c1=O. The predicted octanol–water partition coefficient (Wildman–Crippen LogP) is 1.92. The van der Waals surface area contributed by atoms with Crippen LogP contribution in [0.4, 0.5) is 0 Å². The fourth-order valence-corrected chi connectivity index (χ4v) is 2.67. The van der Waals surface area contributed by atoms with E-state index in [2.05, 4.69) is 17.4 Å². The van der Waals surface area contributed by atoms with Crippen molar-refractivity contribution in [3.05, 3.63) is 70.1 Å². The third kappa shape index (κ3) is 2.89. The highest BCUT2D eigenvalue weighted by molar-refractivity contribution is 5.93. The monoisotopic (exact) mass is 282 g/mol. The van der Waals surface area contributed by atoms with Crippen LogP contribution in [-0.4, -0.2) is 17.0 Å². The van der Waals surface area contributed by atoms with Crippen LogP contribution in [0.1, 0.15) is 28.3 Å². The van der Waals surface area contributed by atoms with Crippen molar-refractivity contribution in [2.24, 2.45) is 13.0 Å². The second-order valence-corrected chi connectivity index (χ2v) is 5.56. The normalized spacial score (nSPS) is 20.0. The topological polar surface area (TPSA) is 51.1 Å². The van der Waals surface area contributed by atoms with E-state index in [4.69, 9.17) is 0 Å². The fourth-order valence-electron chi connectivity index (χ4n) is 2.67. The molecule has 2 atom stereocenters. The van der Waals surface area contributed by atoms with Crippen LogP contribution in [0.15, 0.2) is 53.5 Å². The molecular formula is C17H18N2O2. The standard InChI is InChI=1S/C17H18N2O2/c1-19-9-5-8-14(17(19)21)16(20)18-11-13-10-15(13)12-6-3-2-4-7-12/h2-9,13,15H,10-11H2,1H3,(H,18,20)/t13-,15-/m1/s1. The lowest BCUT2D eigenvalue weighted by molar-refractivity contribution is 0.0949. The van der Waals surface area contributed by atoms with Gasteiger partial charge in [-0.1, -0.05) is 30.3 Å². The number of rotatable bonds is 4. The van der Waals surface area contributed by atoms with Gasteiger partial charge >= 0.3 is 0 Å². The van der Waals surface area contributed by atoms with Crippen LogP contribution in [0.5, 0.6) is 0 Å². The van der Waals surface area contributed by atoms with E-state index >= 15 is 0 Å². The van der Waals surface area contributed by atoms with Gasteiger partial charge in [-0.25, -0.2) is 0 Å². The number of carbonyl (C=O) groups excluding carboxylic acids is 1. The Bertz CT molecular complexity index is 706. The van der Waals surface area contributed by atoms with E-state index in [1.54, 1.807) is 25.4 Å². The van der Waals surface area contributed by atoms with Crippen molar-refractivity contribution in [1.82, 2.24) is 9.88 Å². The average Bonchev–Trinajstić information content (AvgIpc) is 3.28. The first-order valence-corrected chi connectivity index (χ1v) is 7.15. The summed E-state index contributed by atoms with van der Waals surface area (Å²) in [6.07, 6.45) is 2.74. The van der Waals surface area contributed by atoms with E-state index in [0.29, 0.717) is 18.4 Å². The summed E-state index contributed by atoms with van der Waals surface area (Å²) in [5.74, 6) is 0.726. The quantitative estimate of drug-likeness (QED) is 0.931. The Morgan fingerprint density at radius 3 is 2.76 bits per heavy atom. The molecule has 21 heavy (non-hydrogen) atoms. The number of nitrogens with zero attached hydrogens (tertiary/aromatic N) is 1. The molecule has 3 rings (SSSR count). The molecule has 4 heteroatoms. The smallest absolute Gasteiger partial charge is 0.263 e. The average molecular weight is 282 g/mol. The van der Waals surface area contributed by atoms with Crippen molar-refractivity contribution in [3.8, 4) is 0 Å². The summed E-state index contributed by atoms with van der Waals surface area (Å²) in [7, 11) is 1.64. The van der Waals surface area contributed by atoms with E-state index in [1.807, 2.05) is 18.2 Å². The summed E-state index contributed by atoms with van der Waals surface area (Å²) in [4.78, 5) is 23.9. The summed E-state index contributed by atoms with van der Waals surface area (Å²) in [6, 6.07) is 13.6. The number of benzene rings is 1. The Balaban J connectivity index is 1.58. The molecule has 0 bridgehead atoms. The first-order valence-electron chi connectivity index (χ1n) is 7.15. The summed E-state index contributed by atoms with van der Waals surface area (Å²) in [6.45, 7) is 0.621. The summed E-state index contributed by atoms with van der Waals surface area (Å²) < 4.78 is 1.42. The second kappa shape index (κ2) is 5.56. The first-order chi connectivity index (χ1) is 10.2. The molecule has 1 aromatic carbocycles. The molecule has 1 fully saturated rings. The predicted molar refractivity (Wildman–Crippen MR) is 81.3 cm³/mol. The molecule has 1 aliphatic rings. The van der Waals surface area contributed by atoms with Gasteiger partial charge in [-0.3, -0.25) is 9.59 Å². The molecule has 1 aromatic heterocycles. The second-order valence-electron chi connectivity index (χ2n) is 5.56. The summed E-state index contributed by atoms with van der Waals surface area (Å²) >= 11 is 0. The zero-order valence-corrected chi connectivity index (χ0v) is 12.0. The molecular weight excluding hydrogens is 264 g/mol. The van der Waals surface area contributed by atoms with Gasteiger partial charge in [0.05, 0.1) is 0 Å². The van der Waals surface area contributed by atoms with Gasteiger partial charge in [-0.05, 0) is 36.0 Å². The van der Waals surface area contributed by atoms with Crippen LogP contribution in [-0.2, 0) is 7.05 Å². The van der Waals surface area contributed by atoms with Gasteiger partial charge < -0.3 is 9.88 Å².